The zero-order chi connectivity index (χ0) is 20.2. The molecule has 2 N–H and O–H groups in total. The van der Waals surface area contributed by atoms with E-state index in [1.165, 1.54) is 28.6 Å². The molecule has 0 saturated heterocycles. The van der Waals surface area contributed by atoms with Crippen molar-refractivity contribution in [1.82, 2.24) is 25.0 Å². The first-order valence-corrected chi connectivity index (χ1v) is 9.74. The summed E-state index contributed by atoms with van der Waals surface area (Å²) in [6, 6.07) is 13.2. The van der Waals surface area contributed by atoms with E-state index in [1.807, 2.05) is 12.1 Å². The fourth-order valence-corrected chi connectivity index (χ4v) is 3.20. The van der Waals surface area contributed by atoms with Gasteiger partial charge in [0.1, 0.15) is 6.61 Å². The Morgan fingerprint density at radius 2 is 1.93 bits per heavy atom. The molecule has 0 aliphatic rings. The molecule has 0 atom stereocenters. The lowest BCUT2D eigenvalue weighted by molar-refractivity contribution is 0.277. The molecule has 2 aromatic heterocycles. The second kappa shape index (κ2) is 8.50. The molecule has 2 aromatic carbocycles. The van der Waals surface area contributed by atoms with Crippen molar-refractivity contribution in [2.24, 2.45) is 0 Å². The van der Waals surface area contributed by atoms with E-state index in [0.29, 0.717) is 33.5 Å². The summed E-state index contributed by atoms with van der Waals surface area (Å²) in [7, 11) is 0. The molecule has 29 heavy (non-hydrogen) atoms. The van der Waals surface area contributed by atoms with Crippen molar-refractivity contribution in [2.45, 2.75) is 17.5 Å². The van der Waals surface area contributed by atoms with Crippen molar-refractivity contribution < 1.29 is 13.7 Å². The zero-order valence-electron chi connectivity index (χ0n) is 14.8. The van der Waals surface area contributed by atoms with Crippen LogP contribution >= 0.6 is 23.4 Å². The molecule has 0 radical (unpaired) electrons. The van der Waals surface area contributed by atoms with Gasteiger partial charge in [0.25, 0.3) is 0 Å². The minimum atomic E-state index is -0.460. The molecule has 0 spiro atoms. The summed E-state index contributed by atoms with van der Waals surface area (Å²) < 4.78 is 25.6. The number of nitrogen functional groups attached to an aromatic ring is 1. The Hall–Kier alpha value is -3.11. The van der Waals surface area contributed by atoms with Crippen LogP contribution < -0.4 is 10.6 Å². The number of hydrogen-bond acceptors (Lipinski definition) is 8. The van der Waals surface area contributed by atoms with Crippen LogP contribution in [0.2, 0.25) is 5.02 Å². The molecule has 0 aliphatic heterocycles. The number of benzene rings is 2. The van der Waals surface area contributed by atoms with E-state index >= 15 is 0 Å². The summed E-state index contributed by atoms with van der Waals surface area (Å²) in [6.07, 6.45) is 0. The number of nitrogens with two attached hydrogens (primary N) is 1. The van der Waals surface area contributed by atoms with Crippen molar-refractivity contribution >= 4 is 23.4 Å². The maximum atomic E-state index is 13.6. The van der Waals surface area contributed by atoms with Crippen LogP contribution in [0.25, 0.3) is 11.4 Å². The van der Waals surface area contributed by atoms with Crippen LogP contribution in [0.1, 0.15) is 11.7 Å². The number of ether oxygens (including phenoxy) is 1. The third kappa shape index (κ3) is 4.49. The maximum absolute atomic E-state index is 13.6. The SMILES string of the molecule is Nn1c(COc2ccccc2F)nnc1SCc1nc(-c2ccc(Cl)cc2)no1. The van der Waals surface area contributed by atoms with Gasteiger partial charge in [0.2, 0.25) is 16.9 Å². The Balaban J connectivity index is 1.37. The molecule has 2 heterocycles. The molecule has 0 saturated carbocycles. The molecule has 0 fully saturated rings. The first-order valence-electron chi connectivity index (χ1n) is 8.38. The van der Waals surface area contributed by atoms with Gasteiger partial charge in [-0.2, -0.15) is 4.98 Å². The Morgan fingerprint density at radius 3 is 2.72 bits per heavy atom. The van der Waals surface area contributed by atoms with Crippen LogP contribution in [0.15, 0.2) is 58.2 Å². The fraction of sp³-hybridized carbons (Fsp3) is 0.111. The molecule has 148 valence electrons. The Morgan fingerprint density at radius 1 is 1.14 bits per heavy atom. The van der Waals surface area contributed by atoms with Gasteiger partial charge < -0.3 is 15.1 Å². The summed E-state index contributed by atoms with van der Waals surface area (Å²) in [5.74, 6) is 7.23. The van der Waals surface area contributed by atoms with Crippen LogP contribution in [0.3, 0.4) is 0 Å². The van der Waals surface area contributed by atoms with Crippen molar-refractivity contribution in [3.8, 4) is 17.1 Å². The van der Waals surface area contributed by atoms with Gasteiger partial charge in [-0.15, -0.1) is 10.2 Å². The predicted octanol–water partition coefficient (Wildman–Crippen LogP) is 3.71. The molecule has 0 amide bonds. The average Bonchev–Trinajstić information content (AvgIpc) is 3.33. The summed E-state index contributed by atoms with van der Waals surface area (Å²) in [4.78, 5) is 4.34. The quantitative estimate of drug-likeness (QED) is 0.348. The van der Waals surface area contributed by atoms with Gasteiger partial charge in [-0.1, -0.05) is 40.7 Å². The fourth-order valence-electron chi connectivity index (χ4n) is 2.36. The van der Waals surface area contributed by atoms with E-state index < -0.39 is 5.82 Å². The van der Waals surface area contributed by atoms with Crippen LogP contribution in [0.5, 0.6) is 5.75 Å². The highest BCUT2D eigenvalue weighted by atomic mass is 35.5. The molecule has 4 aromatic rings. The number of halogens is 2. The van der Waals surface area contributed by atoms with E-state index in [4.69, 9.17) is 26.7 Å². The topological polar surface area (TPSA) is 105 Å². The molecule has 4 rings (SSSR count). The van der Waals surface area contributed by atoms with Gasteiger partial charge in [0.15, 0.2) is 17.4 Å². The summed E-state index contributed by atoms with van der Waals surface area (Å²) in [6.45, 7) is -0.0216. The van der Waals surface area contributed by atoms with Gasteiger partial charge >= 0.3 is 0 Å². The van der Waals surface area contributed by atoms with E-state index in [9.17, 15) is 4.39 Å². The first-order chi connectivity index (χ1) is 14.1. The van der Waals surface area contributed by atoms with E-state index in [0.717, 1.165) is 5.56 Å². The summed E-state index contributed by atoms with van der Waals surface area (Å²) in [5, 5.41) is 13.0. The van der Waals surface area contributed by atoms with Crippen LogP contribution in [0, 0.1) is 5.82 Å². The van der Waals surface area contributed by atoms with Crippen molar-refractivity contribution in [2.75, 3.05) is 5.84 Å². The third-order valence-corrected chi connectivity index (χ3v) is 5.00. The van der Waals surface area contributed by atoms with Gasteiger partial charge in [0.05, 0.1) is 5.75 Å². The van der Waals surface area contributed by atoms with Gasteiger partial charge in [0, 0.05) is 10.6 Å². The second-order valence-corrected chi connectivity index (χ2v) is 7.17. The predicted molar refractivity (Wildman–Crippen MR) is 105 cm³/mol. The van der Waals surface area contributed by atoms with Crippen molar-refractivity contribution in [3.05, 3.63) is 71.1 Å². The Labute approximate surface area is 173 Å². The molecular weight excluding hydrogens is 419 g/mol. The highest BCUT2D eigenvalue weighted by molar-refractivity contribution is 7.98. The zero-order valence-corrected chi connectivity index (χ0v) is 16.4. The second-order valence-electron chi connectivity index (χ2n) is 5.80. The smallest absolute Gasteiger partial charge is 0.237 e. The summed E-state index contributed by atoms with van der Waals surface area (Å²) in [5.41, 5.74) is 0.795. The largest absolute Gasteiger partial charge is 0.482 e. The molecule has 0 unspecified atom stereocenters. The molecule has 0 aliphatic carbocycles. The van der Waals surface area contributed by atoms with Crippen LogP contribution in [-0.4, -0.2) is 25.0 Å². The number of rotatable bonds is 7. The minimum absolute atomic E-state index is 0.0216. The monoisotopic (exact) mass is 432 g/mol. The van der Waals surface area contributed by atoms with Crippen molar-refractivity contribution in [1.29, 1.82) is 0 Å². The lowest BCUT2D eigenvalue weighted by atomic mass is 10.2. The standard InChI is InChI=1S/C18H14ClFN6O2S/c19-12-7-5-11(6-8-12)17-22-16(28-25-17)10-29-18-24-23-15(26(18)21)9-27-14-4-2-1-3-13(14)20/h1-8H,9-10,21H2. The van der Waals surface area contributed by atoms with Crippen LogP contribution in [-0.2, 0) is 12.4 Å². The number of aromatic nitrogens is 5. The van der Waals surface area contributed by atoms with Crippen molar-refractivity contribution in [3.63, 3.8) is 0 Å². The molecule has 11 heteroatoms. The lowest BCUT2D eigenvalue weighted by Crippen LogP contribution is -2.16. The average molecular weight is 433 g/mol. The van der Waals surface area contributed by atoms with E-state index in [2.05, 4.69) is 20.3 Å². The minimum Gasteiger partial charge on any atom is -0.482 e. The Kier molecular flexibility index (Phi) is 5.63. The highest BCUT2D eigenvalue weighted by Crippen LogP contribution is 2.23. The third-order valence-electron chi connectivity index (χ3n) is 3.82. The normalized spacial score (nSPS) is 11.0. The number of thioether (sulfide) groups is 1. The van der Waals surface area contributed by atoms with Gasteiger partial charge in [-0.25, -0.2) is 9.07 Å². The molecule has 0 bridgehead atoms. The number of nitrogens with zero attached hydrogens (tertiary/aromatic N) is 5. The first kappa shape index (κ1) is 19.2. The molecular formula is C18H14ClFN6O2S. The molecule has 8 nitrogen and oxygen atoms in total. The van der Waals surface area contributed by atoms with E-state index in [-0.39, 0.29) is 12.4 Å². The highest BCUT2D eigenvalue weighted by Gasteiger charge is 2.15. The summed E-state index contributed by atoms with van der Waals surface area (Å²) >= 11 is 7.16. The van der Waals surface area contributed by atoms with Gasteiger partial charge in [-0.3, -0.25) is 0 Å². The van der Waals surface area contributed by atoms with Gasteiger partial charge in [-0.05, 0) is 36.4 Å². The lowest BCUT2D eigenvalue weighted by Gasteiger charge is -2.06. The number of para-hydroxylation sites is 1. The maximum Gasteiger partial charge on any atom is 0.237 e. The van der Waals surface area contributed by atoms with Crippen LogP contribution in [0.4, 0.5) is 4.39 Å². The van der Waals surface area contributed by atoms with E-state index in [1.54, 1.807) is 24.3 Å². The number of hydrogen-bond donors (Lipinski definition) is 1. The Bertz CT molecular complexity index is 1120.